The number of nitrogens with zero attached hydrogens (tertiary/aromatic N) is 2. The van der Waals surface area contributed by atoms with Crippen molar-refractivity contribution in [2.75, 3.05) is 11.4 Å². The van der Waals surface area contributed by atoms with Gasteiger partial charge >= 0.3 is 0 Å². The lowest BCUT2D eigenvalue weighted by Gasteiger charge is -2.33. The van der Waals surface area contributed by atoms with Crippen LogP contribution in [0.25, 0.3) is 0 Å². The van der Waals surface area contributed by atoms with Crippen molar-refractivity contribution in [1.29, 1.82) is 0 Å². The van der Waals surface area contributed by atoms with Crippen molar-refractivity contribution < 1.29 is 9.59 Å². The highest BCUT2D eigenvalue weighted by atomic mass is 79.9. The largest absolute Gasteiger partial charge is 0.367 e. The standard InChI is InChI=1S/C22H27BrN4O2/c1-15(2)27(16(3)4)18-11-9-17(10-12-18)13-25-26-21(28)14-24-22(29)19-7-5-6-8-20(19)23/h5-13,15-16H,14H2,1-4H3,(H,24,29)(H,26,28)/b25-13+. The Kier molecular flexibility index (Phi) is 8.39. The third-order valence-electron chi connectivity index (χ3n) is 4.23. The summed E-state index contributed by atoms with van der Waals surface area (Å²) in [4.78, 5) is 26.3. The molecule has 2 amide bonds. The SMILES string of the molecule is CC(C)N(c1ccc(/C=N/NC(=O)CNC(=O)c2ccccc2Br)cc1)C(C)C. The molecule has 0 spiro atoms. The molecule has 0 aliphatic carbocycles. The molecule has 2 N–H and O–H groups in total. The molecule has 6 nitrogen and oxygen atoms in total. The lowest BCUT2D eigenvalue weighted by molar-refractivity contribution is -0.120. The van der Waals surface area contributed by atoms with Crippen LogP contribution in [0.15, 0.2) is 58.1 Å². The van der Waals surface area contributed by atoms with E-state index in [1.165, 1.54) is 0 Å². The molecule has 0 bridgehead atoms. The number of carbonyl (C=O) groups excluding carboxylic acids is 2. The molecule has 0 atom stereocenters. The third kappa shape index (κ3) is 6.71. The lowest BCUT2D eigenvalue weighted by Crippen LogP contribution is -2.36. The number of benzene rings is 2. The second-order valence-electron chi connectivity index (χ2n) is 7.14. The number of rotatable bonds is 8. The van der Waals surface area contributed by atoms with Gasteiger partial charge in [-0.1, -0.05) is 24.3 Å². The minimum Gasteiger partial charge on any atom is -0.367 e. The highest BCUT2D eigenvalue weighted by molar-refractivity contribution is 9.10. The van der Waals surface area contributed by atoms with E-state index < -0.39 is 5.91 Å². The first kappa shape index (κ1) is 22.6. The van der Waals surface area contributed by atoms with Crippen LogP contribution in [0.5, 0.6) is 0 Å². The number of anilines is 1. The van der Waals surface area contributed by atoms with Gasteiger partial charge in [-0.15, -0.1) is 0 Å². The Morgan fingerprint density at radius 2 is 1.66 bits per heavy atom. The van der Waals surface area contributed by atoms with E-state index in [0.29, 0.717) is 22.1 Å². The van der Waals surface area contributed by atoms with Crippen molar-refractivity contribution in [3.05, 3.63) is 64.1 Å². The molecule has 2 aromatic rings. The molecule has 0 aliphatic heterocycles. The summed E-state index contributed by atoms with van der Waals surface area (Å²) in [5, 5.41) is 6.52. The Morgan fingerprint density at radius 3 is 2.24 bits per heavy atom. The van der Waals surface area contributed by atoms with Crippen LogP contribution in [0, 0.1) is 0 Å². The van der Waals surface area contributed by atoms with Crippen LogP contribution >= 0.6 is 15.9 Å². The van der Waals surface area contributed by atoms with E-state index in [4.69, 9.17) is 0 Å². The van der Waals surface area contributed by atoms with Gasteiger partial charge in [0, 0.05) is 22.2 Å². The highest BCUT2D eigenvalue weighted by Gasteiger charge is 2.13. The zero-order valence-electron chi connectivity index (χ0n) is 17.1. The first-order valence-corrected chi connectivity index (χ1v) is 10.3. The van der Waals surface area contributed by atoms with Gasteiger partial charge in [-0.3, -0.25) is 9.59 Å². The maximum atomic E-state index is 12.1. The number of halogens is 1. The summed E-state index contributed by atoms with van der Waals surface area (Å²) < 4.78 is 0.674. The van der Waals surface area contributed by atoms with Crippen molar-refractivity contribution in [1.82, 2.24) is 10.7 Å². The molecule has 2 rings (SSSR count). The van der Waals surface area contributed by atoms with Crippen molar-refractivity contribution in [2.45, 2.75) is 39.8 Å². The van der Waals surface area contributed by atoms with Crippen molar-refractivity contribution in [3.8, 4) is 0 Å². The van der Waals surface area contributed by atoms with Crippen LogP contribution in [0.3, 0.4) is 0 Å². The molecule has 0 fully saturated rings. The second-order valence-corrected chi connectivity index (χ2v) is 8.00. The minimum absolute atomic E-state index is 0.159. The van der Waals surface area contributed by atoms with Gasteiger partial charge in [0.2, 0.25) is 0 Å². The van der Waals surface area contributed by atoms with E-state index in [1.54, 1.807) is 24.4 Å². The fraction of sp³-hybridized carbons (Fsp3) is 0.318. The number of hydrazone groups is 1. The Morgan fingerprint density at radius 1 is 1.03 bits per heavy atom. The third-order valence-corrected chi connectivity index (χ3v) is 4.93. The summed E-state index contributed by atoms with van der Waals surface area (Å²) in [6.45, 7) is 8.51. The van der Waals surface area contributed by atoms with E-state index >= 15 is 0 Å². The van der Waals surface area contributed by atoms with Crippen LogP contribution in [-0.2, 0) is 4.79 Å². The molecule has 0 unspecified atom stereocenters. The van der Waals surface area contributed by atoms with E-state index in [9.17, 15) is 9.59 Å². The fourth-order valence-electron chi connectivity index (χ4n) is 3.04. The minimum atomic E-state index is -0.399. The van der Waals surface area contributed by atoms with E-state index in [-0.39, 0.29) is 12.5 Å². The Labute approximate surface area is 180 Å². The molecule has 0 saturated carbocycles. The van der Waals surface area contributed by atoms with E-state index in [1.807, 2.05) is 30.3 Å². The van der Waals surface area contributed by atoms with Crippen LogP contribution in [-0.4, -0.2) is 36.7 Å². The van der Waals surface area contributed by atoms with Gasteiger partial charge in [0.1, 0.15) is 0 Å². The molecule has 0 aliphatic rings. The lowest BCUT2D eigenvalue weighted by atomic mass is 10.1. The molecule has 0 saturated heterocycles. The van der Waals surface area contributed by atoms with Crippen molar-refractivity contribution >= 4 is 39.6 Å². The Bertz CT molecular complexity index is 855. The van der Waals surface area contributed by atoms with Crippen LogP contribution in [0.1, 0.15) is 43.6 Å². The number of nitrogens with one attached hydrogen (secondary N) is 2. The summed E-state index contributed by atoms with van der Waals surface area (Å²) in [6.07, 6.45) is 1.58. The quantitative estimate of drug-likeness (QED) is 0.464. The fourth-order valence-corrected chi connectivity index (χ4v) is 3.51. The van der Waals surface area contributed by atoms with Gasteiger partial charge in [-0.2, -0.15) is 5.10 Å². The second kappa shape index (κ2) is 10.8. The van der Waals surface area contributed by atoms with E-state index in [2.05, 4.69) is 64.4 Å². The van der Waals surface area contributed by atoms with Crippen LogP contribution < -0.4 is 15.6 Å². The van der Waals surface area contributed by atoms with Gasteiger partial charge in [0.25, 0.3) is 11.8 Å². The summed E-state index contributed by atoms with van der Waals surface area (Å²) in [5.74, 6) is -0.726. The number of hydrogen-bond acceptors (Lipinski definition) is 4. The molecule has 0 aromatic heterocycles. The number of carbonyl (C=O) groups is 2. The molecule has 29 heavy (non-hydrogen) atoms. The first-order chi connectivity index (χ1) is 13.8. The van der Waals surface area contributed by atoms with Crippen molar-refractivity contribution in [3.63, 3.8) is 0 Å². The van der Waals surface area contributed by atoms with Gasteiger partial charge in [-0.25, -0.2) is 5.43 Å². The molecule has 2 aromatic carbocycles. The Balaban J connectivity index is 1.85. The molecule has 7 heteroatoms. The predicted molar refractivity (Wildman–Crippen MR) is 121 cm³/mol. The Hall–Kier alpha value is -2.67. The molecule has 0 radical (unpaired) electrons. The highest BCUT2D eigenvalue weighted by Crippen LogP contribution is 2.20. The summed E-state index contributed by atoms with van der Waals surface area (Å²) in [7, 11) is 0. The molecule has 154 valence electrons. The summed E-state index contributed by atoms with van der Waals surface area (Å²) in [6, 6.07) is 15.8. The van der Waals surface area contributed by atoms with Gasteiger partial charge in [-0.05, 0) is 73.5 Å². The van der Waals surface area contributed by atoms with Gasteiger partial charge < -0.3 is 10.2 Å². The molecule has 0 heterocycles. The van der Waals surface area contributed by atoms with E-state index in [0.717, 1.165) is 11.3 Å². The maximum Gasteiger partial charge on any atom is 0.259 e. The zero-order chi connectivity index (χ0) is 21.4. The molecular formula is C22H27BrN4O2. The predicted octanol–water partition coefficient (Wildman–Crippen LogP) is 3.95. The number of amides is 2. The topological polar surface area (TPSA) is 73.8 Å². The first-order valence-electron chi connectivity index (χ1n) is 9.52. The zero-order valence-corrected chi connectivity index (χ0v) is 18.7. The average Bonchev–Trinajstić information content (AvgIpc) is 2.67. The molecular weight excluding hydrogens is 432 g/mol. The number of hydrogen-bond donors (Lipinski definition) is 2. The van der Waals surface area contributed by atoms with Crippen LogP contribution in [0.4, 0.5) is 5.69 Å². The summed E-state index contributed by atoms with van der Waals surface area (Å²) >= 11 is 3.31. The normalized spacial score (nSPS) is 11.1. The summed E-state index contributed by atoms with van der Waals surface area (Å²) in [5.41, 5.74) is 4.91. The van der Waals surface area contributed by atoms with Gasteiger partial charge in [0.05, 0.1) is 18.3 Å². The monoisotopic (exact) mass is 458 g/mol. The van der Waals surface area contributed by atoms with Crippen molar-refractivity contribution in [2.24, 2.45) is 5.10 Å². The maximum absolute atomic E-state index is 12.1. The van der Waals surface area contributed by atoms with Gasteiger partial charge in [0.15, 0.2) is 0 Å². The average molecular weight is 459 g/mol. The smallest absolute Gasteiger partial charge is 0.259 e. The van der Waals surface area contributed by atoms with Crippen LogP contribution in [0.2, 0.25) is 0 Å².